The zero-order valence-electron chi connectivity index (χ0n) is 17.2. The van der Waals surface area contributed by atoms with Crippen molar-refractivity contribution in [2.75, 3.05) is 19.6 Å². The van der Waals surface area contributed by atoms with Crippen LogP contribution in [0.25, 0.3) is 0 Å². The summed E-state index contributed by atoms with van der Waals surface area (Å²) in [5.74, 6) is -0.376. The summed E-state index contributed by atoms with van der Waals surface area (Å²) < 4.78 is 39.5. The van der Waals surface area contributed by atoms with Crippen LogP contribution in [0.5, 0.6) is 0 Å². The quantitative estimate of drug-likeness (QED) is 0.417. The summed E-state index contributed by atoms with van der Waals surface area (Å²) in [5.41, 5.74) is -0.0489. The van der Waals surface area contributed by atoms with Gasteiger partial charge in [-0.1, -0.05) is 50.3 Å². The van der Waals surface area contributed by atoms with Crippen molar-refractivity contribution in [3.8, 4) is 0 Å². The number of likely N-dealkylation sites (tertiary alicyclic amines) is 1. The molecule has 6 heteroatoms. The Morgan fingerprint density at radius 3 is 2.17 bits per heavy atom. The van der Waals surface area contributed by atoms with Gasteiger partial charge in [0.2, 0.25) is 0 Å². The smallest absolute Gasteiger partial charge is 0.416 e. The number of carboxylic acid groups (broad SMARTS) is 1. The molecule has 1 aromatic carbocycles. The third-order valence-electron chi connectivity index (χ3n) is 5.90. The first-order chi connectivity index (χ1) is 13.9. The van der Waals surface area contributed by atoms with Crippen LogP contribution in [0.3, 0.4) is 0 Å². The van der Waals surface area contributed by atoms with Crippen LogP contribution in [-0.4, -0.2) is 35.6 Å². The molecule has 0 spiro atoms. The van der Waals surface area contributed by atoms with E-state index in [2.05, 4.69) is 4.90 Å². The van der Waals surface area contributed by atoms with Gasteiger partial charge in [-0.3, -0.25) is 4.79 Å². The average molecular weight is 414 g/mol. The summed E-state index contributed by atoms with van der Waals surface area (Å²) in [6, 6.07) is 5.98. The van der Waals surface area contributed by atoms with E-state index < -0.39 is 17.7 Å². The van der Waals surface area contributed by atoms with Crippen molar-refractivity contribution in [1.82, 2.24) is 4.90 Å². The van der Waals surface area contributed by atoms with Crippen molar-refractivity contribution in [3.05, 3.63) is 35.4 Å². The molecule has 2 rings (SSSR count). The molecule has 29 heavy (non-hydrogen) atoms. The second kappa shape index (κ2) is 12.2. The Kier molecular flexibility index (Phi) is 9.98. The summed E-state index contributed by atoms with van der Waals surface area (Å²) in [5, 5.41) is 8.59. The lowest BCUT2D eigenvalue weighted by Crippen LogP contribution is -2.35. The molecule has 0 atom stereocenters. The molecule has 0 amide bonds. The van der Waals surface area contributed by atoms with E-state index in [0.29, 0.717) is 17.9 Å². The number of carbonyl (C=O) groups is 1. The molecular weight excluding hydrogens is 379 g/mol. The zero-order valence-corrected chi connectivity index (χ0v) is 17.2. The molecule has 1 N–H and O–H groups in total. The number of rotatable bonds is 12. The monoisotopic (exact) mass is 413 g/mol. The Hall–Kier alpha value is -1.56. The Balaban J connectivity index is 1.57. The van der Waals surface area contributed by atoms with Crippen molar-refractivity contribution in [2.45, 2.75) is 76.8 Å². The van der Waals surface area contributed by atoms with Crippen LogP contribution in [-0.2, 0) is 17.4 Å². The molecule has 1 heterocycles. The van der Waals surface area contributed by atoms with E-state index in [4.69, 9.17) is 5.11 Å². The molecule has 3 nitrogen and oxygen atoms in total. The van der Waals surface area contributed by atoms with Gasteiger partial charge >= 0.3 is 12.1 Å². The van der Waals surface area contributed by atoms with Gasteiger partial charge in [0.15, 0.2) is 0 Å². The lowest BCUT2D eigenvalue weighted by atomic mass is 9.88. The summed E-state index contributed by atoms with van der Waals surface area (Å²) in [7, 11) is 0. The number of alkyl halides is 3. The number of benzene rings is 1. The molecule has 1 saturated heterocycles. The third kappa shape index (κ3) is 9.20. The maximum absolute atomic E-state index is 13.2. The van der Waals surface area contributed by atoms with Gasteiger partial charge in [0, 0.05) is 6.42 Å². The summed E-state index contributed by atoms with van der Waals surface area (Å²) in [4.78, 5) is 12.9. The number of halogens is 3. The van der Waals surface area contributed by atoms with Crippen molar-refractivity contribution in [3.63, 3.8) is 0 Å². The molecule has 0 aliphatic carbocycles. The van der Waals surface area contributed by atoms with Gasteiger partial charge in [-0.05, 0) is 69.3 Å². The first-order valence-electron chi connectivity index (χ1n) is 11.0. The molecule has 1 fully saturated rings. The van der Waals surface area contributed by atoms with Gasteiger partial charge in [-0.25, -0.2) is 0 Å². The van der Waals surface area contributed by atoms with Crippen molar-refractivity contribution >= 4 is 5.97 Å². The number of piperidine rings is 1. The molecule has 0 unspecified atom stereocenters. The number of hydrogen-bond acceptors (Lipinski definition) is 2. The average Bonchev–Trinajstić information content (AvgIpc) is 2.67. The maximum atomic E-state index is 13.2. The van der Waals surface area contributed by atoms with Gasteiger partial charge in [0.05, 0.1) is 5.56 Å². The maximum Gasteiger partial charge on any atom is 0.416 e. The molecular formula is C23H34F3NO2. The predicted molar refractivity (Wildman–Crippen MR) is 109 cm³/mol. The second-order valence-electron chi connectivity index (χ2n) is 8.26. The predicted octanol–water partition coefficient (Wildman–Crippen LogP) is 6.17. The highest BCUT2D eigenvalue weighted by molar-refractivity contribution is 5.66. The van der Waals surface area contributed by atoms with Crippen molar-refractivity contribution in [2.24, 2.45) is 5.92 Å². The molecule has 1 aliphatic rings. The van der Waals surface area contributed by atoms with Crippen LogP contribution in [0.2, 0.25) is 0 Å². The van der Waals surface area contributed by atoms with Crippen LogP contribution in [0.15, 0.2) is 24.3 Å². The molecule has 0 aromatic heterocycles. The highest BCUT2D eigenvalue weighted by Gasteiger charge is 2.33. The highest BCUT2D eigenvalue weighted by atomic mass is 19.4. The van der Waals surface area contributed by atoms with Crippen LogP contribution >= 0.6 is 0 Å². The molecule has 0 saturated carbocycles. The van der Waals surface area contributed by atoms with E-state index in [-0.39, 0.29) is 6.42 Å². The zero-order chi connectivity index (χ0) is 21.1. The van der Waals surface area contributed by atoms with Crippen LogP contribution in [0.4, 0.5) is 13.2 Å². The van der Waals surface area contributed by atoms with Gasteiger partial charge < -0.3 is 10.0 Å². The normalized spacial score (nSPS) is 16.2. The van der Waals surface area contributed by atoms with E-state index in [1.807, 2.05) is 0 Å². The van der Waals surface area contributed by atoms with Crippen LogP contribution in [0, 0.1) is 5.92 Å². The number of carboxylic acids is 1. The van der Waals surface area contributed by atoms with E-state index in [1.54, 1.807) is 12.1 Å². The lowest BCUT2D eigenvalue weighted by Gasteiger charge is -2.32. The van der Waals surface area contributed by atoms with Gasteiger partial charge in [0.1, 0.15) is 0 Å². The topological polar surface area (TPSA) is 40.5 Å². The number of hydrogen-bond donors (Lipinski definition) is 1. The number of unbranched alkanes of at least 4 members (excludes halogenated alkanes) is 6. The molecule has 164 valence electrons. The fraction of sp³-hybridized carbons (Fsp3) is 0.696. The summed E-state index contributed by atoms with van der Waals surface area (Å²) in [6.45, 7) is 3.03. The van der Waals surface area contributed by atoms with E-state index in [0.717, 1.165) is 58.2 Å². The Morgan fingerprint density at radius 2 is 1.55 bits per heavy atom. The van der Waals surface area contributed by atoms with Crippen LogP contribution < -0.4 is 0 Å². The van der Waals surface area contributed by atoms with Crippen molar-refractivity contribution < 1.29 is 23.1 Å². The fourth-order valence-corrected chi connectivity index (χ4v) is 4.20. The Morgan fingerprint density at radius 1 is 0.966 bits per heavy atom. The van der Waals surface area contributed by atoms with Crippen LogP contribution in [0.1, 0.15) is 75.3 Å². The molecule has 0 radical (unpaired) electrons. The lowest BCUT2D eigenvalue weighted by molar-refractivity contribution is -0.138. The van der Waals surface area contributed by atoms with E-state index >= 15 is 0 Å². The number of nitrogens with zero attached hydrogens (tertiary/aromatic N) is 1. The third-order valence-corrected chi connectivity index (χ3v) is 5.90. The fourth-order valence-electron chi connectivity index (χ4n) is 4.20. The SMILES string of the molecule is O=C(O)CCCCCCCCCN1CCC(Cc2ccccc2C(F)(F)F)CC1. The Bertz CT molecular complexity index is 610. The van der Waals surface area contributed by atoms with Gasteiger partial charge in [-0.2, -0.15) is 13.2 Å². The second-order valence-corrected chi connectivity index (χ2v) is 8.26. The van der Waals surface area contributed by atoms with Crippen molar-refractivity contribution in [1.29, 1.82) is 0 Å². The first kappa shape index (κ1) is 23.7. The van der Waals surface area contributed by atoms with E-state index in [9.17, 15) is 18.0 Å². The summed E-state index contributed by atoms with van der Waals surface area (Å²) >= 11 is 0. The minimum Gasteiger partial charge on any atom is -0.481 e. The van der Waals surface area contributed by atoms with E-state index in [1.165, 1.54) is 31.4 Å². The highest BCUT2D eigenvalue weighted by Crippen LogP contribution is 2.34. The minimum absolute atomic E-state index is 0.276. The minimum atomic E-state index is -4.27. The van der Waals surface area contributed by atoms with Gasteiger partial charge in [0.25, 0.3) is 0 Å². The number of aliphatic carboxylic acids is 1. The largest absolute Gasteiger partial charge is 0.481 e. The first-order valence-corrected chi connectivity index (χ1v) is 11.0. The molecule has 1 aliphatic heterocycles. The molecule has 0 bridgehead atoms. The summed E-state index contributed by atoms with van der Waals surface area (Å²) in [6.07, 6.45) is 6.06. The molecule has 1 aromatic rings. The Labute approximate surface area is 172 Å². The van der Waals surface area contributed by atoms with Gasteiger partial charge in [-0.15, -0.1) is 0 Å². The standard InChI is InChI=1S/C23H34F3NO2/c24-23(25,26)21-11-8-7-10-20(21)18-19-13-16-27(17-14-19)15-9-5-3-1-2-4-6-12-22(28)29/h7-8,10-11,19H,1-6,9,12-18H2,(H,28,29).